The number of hydrogen-bond donors (Lipinski definition) is 1. The number of aromatic nitrogens is 2. The number of ether oxygens (including phenoxy) is 2. The van der Waals surface area contributed by atoms with Crippen LogP contribution in [0.5, 0.6) is 11.5 Å². The lowest BCUT2D eigenvalue weighted by Gasteiger charge is -2.20. The number of imidazole rings is 1. The summed E-state index contributed by atoms with van der Waals surface area (Å²) in [7, 11) is 0.746. The molecule has 156 valence electrons. The fourth-order valence-corrected chi connectivity index (χ4v) is 4.27. The number of benzene rings is 2. The summed E-state index contributed by atoms with van der Waals surface area (Å²) in [6, 6.07) is 10.1. The highest BCUT2D eigenvalue weighted by molar-refractivity contribution is 7.89. The largest absolute Gasteiger partial charge is 0.497 e. The van der Waals surface area contributed by atoms with Gasteiger partial charge in [-0.3, -0.25) is 0 Å². The van der Waals surface area contributed by atoms with Crippen LogP contribution >= 0.6 is 11.6 Å². The average Bonchev–Trinajstić information content (AvgIpc) is 3.17. The Morgan fingerprint density at radius 2 is 1.83 bits per heavy atom. The normalized spacial score (nSPS) is 12.2. The minimum absolute atomic E-state index is 0.0659. The van der Waals surface area contributed by atoms with Crippen molar-refractivity contribution in [3.05, 3.63) is 70.8 Å². The second-order valence-corrected chi connectivity index (χ2v) is 8.47. The smallest absolute Gasteiger partial charge is 0.241 e. The van der Waals surface area contributed by atoms with Gasteiger partial charge in [-0.2, -0.15) is 9.98 Å². The highest BCUT2D eigenvalue weighted by atomic mass is 35.5. The van der Waals surface area contributed by atoms with Gasteiger partial charge in [-0.1, -0.05) is 11.6 Å². The summed E-state index contributed by atoms with van der Waals surface area (Å²) in [5, 5.41) is 9.36. The predicted octanol–water partition coefficient (Wildman–Crippen LogP) is 3.03. The Balaban J connectivity index is 2.11. The van der Waals surface area contributed by atoms with E-state index >= 15 is 0 Å². The van der Waals surface area contributed by atoms with Gasteiger partial charge in [0.15, 0.2) is 0 Å². The topological polar surface area (TPSA) is 106 Å². The third-order valence-electron chi connectivity index (χ3n) is 4.47. The van der Waals surface area contributed by atoms with Crippen LogP contribution in [0.4, 0.5) is 0 Å². The Kier molecular flexibility index (Phi) is 6.31. The molecule has 3 aromatic rings. The van der Waals surface area contributed by atoms with E-state index in [-0.39, 0.29) is 15.5 Å². The first-order valence-corrected chi connectivity index (χ1v) is 10.6. The van der Waals surface area contributed by atoms with Crippen molar-refractivity contribution in [3.8, 4) is 17.6 Å². The van der Waals surface area contributed by atoms with Crippen molar-refractivity contribution in [3.63, 3.8) is 0 Å². The first-order valence-electron chi connectivity index (χ1n) is 8.71. The van der Waals surface area contributed by atoms with E-state index < -0.39 is 16.1 Å². The Labute approximate surface area is 179 Å². The molecule has 0 bridgehead atoms. The van der Waals surface area contributed by atoms with Crippen LogP contribution in [-0.4, -0.2) is 32.2 Å². The van der Waals surface area contributed by atoms with E-state index in [9.17, 15) is 13.7 Å². The van der Waals surface area contributed by atoms with Gasteiger partial charge in [-0.15, -0.1) is 0 Å². The molecule has 0 saturated heterocycles. The maximum Gasteiger partial charge on any atom is 0.241 e. The Morgan fingerprint density at radius 1 is 1.17 bits per heavy atom. The quantitative estimate of drug-likeness (QED) is 0.597. The molecule has 0 spiro atoms. The molecular formula is C20H19ClN4O4S. The molecule has 0 amide bonds. The summed E-state index contributed by atoms with van der Waals surface area (Å²) in [4.78, 5) is 4.22. The molecule has 10 heteroatoms. The third-order valence-corrected chi connectivity index (χ3v) is 6.22. The van der Waals surface area contributed by atoms with Crippen LogP contribution in [0.1, 0.15) is 23.0 Å². The van der Waals surface area contributed by atoms with Gasteiger partial charge in [0.05, 0.1) is 29.7 Å². The molecule has 3 rings (SSSR count). The summed E-state index contributed by atoms with van der Waals surface area (Å²) >= 11 is 5.94. The third kappa shape index (κ3) is 4.41. The fourth-order valence-electron chi connectivity index (χ4n) is 2.90. The zero-order chi connectivity index (χ0) is 21.9. The van der Waals surface area contributed by atoms with E-state index in [1.165, 1.54) is 32.4 Å². The molecule has 8 nitrogen and oxygen atoms in total. The molecule has 0 radical (unpaired) electrons. The van der Waals surface area contributed by atoms with Gasteiger partial charge in [0, 0.05) is 25.5 Å². The van der Waals surface area contributed by atoms with Gasteiger partial charge >= 0.3 is 0 Å². The van der Waals surface area contributed by atoms with E-state index in [1.807, 2.05) is 6.07 Å². The van der Waals surface area contributed by atoms with E-state index in [0.717, 1.165) is 0 Å². The van der Waals surface area contributed by atoms with Crippen LogP contribution in [0.2, 0.25) is 5.02 Å². The van der Waals surface area contributed by atoms with Gasteiger partial charge in [0.25, 0.3) is 0 Å². The summed E-state index contributed by atoms with van der Waals surface area (Å²) in [6.07, 6.45) is 3.29. The lowest BCUT2D eigenvalue weighted by Crippen LogP contribution is -2.31. The van der Waals surface area contributed by atoms with Crippen LogP contribution < -0.4 is 14.2 Å². The molecule has 0 fully saturated rings. The number of sulfonamides is 1. The number of nitrogens with zero attached hydrogens (tertiary/aromatic N) is 3. The van der Waals surface area contributed by atoms with Crippen LogP contribution in [0.3, 0.4) is 0 Å². The molecule has 30 heavy (non-hydrogen) atoms. The highest BCUT2D eigenvalue weighted by Crippen LogP contribution is 2.31. The minimum atomic E-state index is -4.03. The molecule has 1 unspecified atom stereocenters. The van der Waals surface area contributed by atoms with Crippen molar-refractivity contribution in [2.45, 2.75) is 10.9 Å². The van der Waals surface area contributed by atoms with E-state index in [1.54, 1.807) is 42.2 Å². The number of nitrogens with one attached hydrogen (secondary N) is 1. The van der Waals surface area contributed by atoms with E-state index in [2.05, 4.69) is 9.71 Å². The Hall–Kier alpha value is -3.06. The first kappa shape index (κ1) is 21.6. The summed E-state index contributed by atoms with van der Waals surface area (Å²) in [6.45, 7) is 0. The van der Waals surface area contributed by atoms with Crippen molar-refractivity contribution in [1.82, 2.24) is 14.3 Å². The predicted molar refractivity (Wildman–Crippen MR) is 111 cm³/mol. The van der Waals surface area contributed by atoms with Gasteiger partial charge in [0.2, 0.25) is 10.0 Å². The van der Waals surface area contributed by atoms with Crippen molar-refractivity contribution in [2.24, 2.45) is 7.05 Å². The maximum absolute atomic E-state index is 13.1. The molecule has 0 saturated carbocycles. The first-order chi connectivity index (χ1) is 14.3. The van der Waals surface area contributed by atoms with Crippen molar-refractivity contribution in [2.75, 3.05) is 14.2 Å². The van der Waals surface area contributed by atoms with Crippen LogP contribution in [0, 0.1) is 11.3 Å². The zero-order valence-electron chi connectivity index (χ0n) is 16.5. The molecule has 0 aliphatic rings. The van der Waals surface area contributed by atoms with Gasteiger partial charge in [-0.05, 0) is 35.9 Å². The van der Waals surface area contributed by atoms with Gasteiger partial charge in [0.1, 0.15) is 29.4 Å². The second kappa shape index (κ2) is 8.75. The molecule has 1 atom stereocenters. The molecule has 2 aromatic carbocycles. The van der Waals surface area contributed by atoms with E-state index in [4.69, 9.17) is 21.1 Å². The number of halogens is 1. The number of aryl methyl sites for hydroxylation is 1. The molecular weight excluding hydrogens is 428 g/mol. The zero-order valence-corrected chi connectivity index (χ0v) is 18.0. The SMILES string of the molecule is COc1cc(OC)cc(C(NS(=O)(=O)c2ccc(Cl)c(C#N)c2)c2nccn2C)c1. The van der Waals surface area contributed by atoms with Crippen molar-refractivity contribution >= 4 is 21.6 Å². The Bertz CT molecular complexity index is 1200. The highest BCUT2D eigenvalue weighted by Gasteiger charge is 2.27. The minimum Gasteiger partial charge on any atom is -0.497 e. The van der Waals surface area contributed by atoms with Gasteiger partial charge in [-0.25, -0.2) is 13.4 Å². The number of methoxy groups -OCH3 is 2. The maximum atomic E-state index is 13.1. The number of hydrogen-bond acceptors (Lipinski definition) is 6. The van der Waals surface area contributed by atoms with E-state index in [0.29, 0.717) is 22.9 Å². The second-order valence-electron chi connectivity index (χ2n) is 6.35. The molecule has 1 N–H and O–H groups in total. The summed E-state index contributed by atoms with van der Waals surface area (Å²) in [5.41, 5.74) is 0.634. The lowest BCUT2D eigenvalue weighted by molar-refractivity contribution is 0.392. The lowest BCUT2D eigenvalue weighted by atomic mass is 10.1. The standard InChI is InChI=1S/C20H19ClN4O4S/c1-25-7-6-23-20(25)19(13-8-15(28-2)11-16(9-13)29-3)24-30(26,27)17-4-5-18(21)14(10-17)12-22/h4-11,19,24H,1-3H3. The molecule has 1 aromatic heterocycles. The van der Waals surface area contributed by atoms with Crippen LogP contribution in [-0.2, 0) is 17.1 Å². The number of rotatable bonds is 7. The fraction of sp³-hybridized carbons (Fsp3) is 0.200. The van der Waals surface area contributed by atoms with Crippen molar-refractivity contribution < 1.29 is 17.9 Å². The van der Waals surface area contributed by atoms with Crippen LogP contribution in [0.25, 0.3) is 0 Å². The Morgan fingerprint density at radius 3 is 2.37 bits per heavy atom. The molecule has 0 aliphatic carbocycles. The van der Waals surface area contributed by atoms with Crippen molar-refractivity contribution in [1.29, 1.82) is 5.26 Å². The monoisotopic (exact) mass is 446 g/mol. The molecule has 1 heterocycles. The average molecular weight is 447 g/mol. The summed E-state index contributed by atoms with van der Waals surface area (Å²) < 4.78 is 41.3. The van der Waals surface area contributed by atoms with Gasteiger partial charge < -0.3 is 14.0 Å². The summed E-state index contributed by atoms with van der Waals surface area (Å²) in [5.74, 6) is 1.46. The van der Waals surface area contributed by atoms with Crippen LogP contribution in [0.15, 0.2) is 53.7 Å². The molecule has 0 aliphatic heterocycles. The number of nitriles is 1.